The molecule has 17 nitrogen and oxygen atoms in total. The summed E-state index contributed by atoms with van der Waals surface area (Å²) in [5, 5.41) is 0.528. The van der Waals surface area contributed by atoms with Gasteiger partial charge in [-0.25, -0.2) is 27.6 Å². The van der Waals surface area contributed by atoms with Crippen LogP contribution in [0.3, 0.4) is 0 Å². The monoisotopic (exact) mass is 977 g/mol. The first-order chi connectivity index (χ1) is 30.0. The van der Waals surface area contributed by atoms with Crippen LogP contribution in [0.2, 0.25) is 0 Å². The minimum absolute atomic E-state index is 0.0158. The van der Waals surface area contributed by atoms with E-state index in [2.05, 4.69) is 4.74 Å². The molecule has 0 unspecified atom stereocenters. The Bertz CT molecular complexity index is 2890. The van der Waals surface area contributed by atoms with Crippen molar-refractivity contribution in [2.45, 2.75) is 62.8 Å². The lowest BCUT2D eigenvalue weighted by Gasteiger charge is -2.27. The Hall–Kier alpha value is -5.44. The molecule has 3 heterocycles. The fraction of sp³-hybridized carbons (Fsp3) is 0.350. The van der Waals surface area contributed by atoms with Crippen molar-refractivity contribution in [3.05, 3.63) is 112 Å². The van der Waals surface area contributed by atoms with E-state index in [9.17, 15) is 70.5 Å². The zero-order chi connectivity index (χ0) is 48.6. The summed E-state index contributed by atoms with van der Waals surface area (Å²) < 4.78 is 173. The zero-order valence-corrected chi connectivity index (χ0v) is 37.5. The van der Waals surface area contributed by atoms with E-state index in [0.717, 1.165) is 7.05 Å². The van der Waals surface area contributed by atoms with Gasteiger partial charge in [0.2, 0.25) is 34.8 Å². The number of amides is 1. The lowest BCUT2D eigenvalue weighted by molar-refractivity contribution is -0.684. The van der Waals surface area contributed by atoms with Gasteiger partial charge >= 0.3 is 11.8 Å². The highest BCUT2D eigenvalue weighted by molar-refractivity contribution is 7.86. The van der Waals surface area contributed by atoms with Crippen molar-refractivity contribution in [1.29, 1.82) is 0 Å². The molecule has 65 heavy (non-hydrogen) atoms. The third-order valence-electron chi connectivity index (χ3n) is 10.4. The van der Waals surface area contributed by atoms with Gasteiger partial charge in [-0.15, -0.1) is 0 Å². The number of fused-ring (bicyclic) bond motifs is 2. The molecule has 2 aliphatic heterocycles. The van der Waals surface area contributed by atoms with Gasteiger partial charge in [-0.05, 0) is 67.2 Å². The first kappa shape index (κ1) is 50.6. The Morgan fingerprint density at radius 2 is 1.42 bits per heavy atom. The number of ether oxygens (including phenoxy) is 1. The SMILES string of the molecule is CN(OCC(=O)Oc1c(F)c(F)c(F)c(F)c1F)C(=O)c1cc2c([n+](CCCS(=O)(=O)O)c1)N=C(C=CC=CC=C1N(CCCS(=O)(=O)O)c3ccc(S(=O)(=O)O)cc3C1(C)C)C2(C)C. The molecule has 0 aliphatic carbocycles. The number of anilines is 1. The number of allylic oxidation sites excluding steroid dienone is 6. The van der Waals surface area contributed by atoms with Crippen LogP contribution in [0.25, 0.3) is 0 Å². The number of carbonyl (C=O) groups is 2. The molecule has 5 rings (SSSR count). The molecule has 3 N–H and O–H groups in total. The van der Waals surface area contributed by atoms with Gasteiger partial charge in [0.15, 0.2) is 12.3 Å². The summed E-state index contributed by atoms with van der Waals surface area (Å²) in [4.78, 5) is 37.1. The molecule has 0 atom stereocenters. The molecular weight excluding hydrogens is 936 g/mol. The van der Waals surface area contributed by atoms with E-state index < -0.39 is 106 Å². The van der Waals surface area contributed by atoms with Crippen LogP contribution >= 0.6 is 0 Å². The number of halogens is 5. The van der Waals surface area contributed by atoms with Crippen LogP contribution in [0.5, 0.6) is 5.75 Å². The van der Waals surface area contributed by atoms with E-state index in [-0.39, 0.29) is 36.4 Å². The third-order valence-corrected chi connectivity index (χ3v) is 12.9. The summed E-state index contributed by atoms with van der Waals surface area (Å²) >= 11 is 0. The van der Waals surface area contributed by atoms with Crippen LogP contribution in [-0.2, 0) is 57.4 Å². The molecule has 1 aromatic heterocycles. The fourth-order valence-corrected chi connectivity index (χ4v) is 8.59. The summed E-state index contributed by atoms with van der Waals surface area (Å²) in [6.45, 7) is 5.94. The number of hydrogen-bond acceptors (Lipinski definition) is 12. The Kier molecular flexibility index (Phi) is 14.6. The van der Waals surface area contributed by atoms with Gasteiger partial charge < -0.3 is 9.64 Å². The van der Waals surface area contributed by atoms with E-state index in [4.69, 9.17) is 9.83 Å². The van der Waals surface area contributed by atoms with E-state index in [1.54, 1.807) is 63.0 Å². The molecule has 0 radical (unpaired) electrons. The van der Waals surface area contributed by atoms with E-state index in [0.29, 0.717) is 39.1 Å². The van der Waals surface area contributed by atoms with Crippen molar-refractivity contribution < 1.29 is 84.6 Å². The van der Waals surface area contributed by atoms with Crippen LogP contribution < -0.4 is 14.2 Å². The number of benzene rings is 2. The van der Waals surface area contributed by atoms with Crippen molar-refractivity contribution in [3.8, 4) is 5.75 Å². The Morgan fingerprint density at radius 1 is 0.815 bits per heavy atom. The Morgan fingerprint density at radius 3 is 2.02 bits per heavy atom. The number of aryl methyl sites for hydroxylation is 1. The topological polar surface area (TPSA) is 238 Å². The number of aliphatic imine (C=N–C) groups is 1. The molecule has 0 bridgehead atoms. The molecule has 3 aromatic rings. The summed E-state index contributed by atoms with van der Waals surface area (Å²) in [7, 11) is -12.2. The predicted molar refractivity (Wildman–Crippen MR) is 222 cm³/mol. The average Bonchev–Trinajstić information content (AvgIpc) is 3.58. The second-order valence-corrected chi connectivity index (χ2v) is 20.3. The lowest BCUT2D eigenvalue weighted by Crippen LogP contribution is -2.39. The molecule has 1 amide bonds. The number of pyridine rings is 1. The fourth-order valence-electron chi connectivity index (χ4n) is 7.09. The van der Waals surface area contributed by atoms with Gasteiger partial charge in [-0.3, -0.25) is 23.3 Å². The summed E-state index contributed by atoms with van der Waals surface area (Å²) in [5.74, 6) is -17.3. The van der Waals surface area contributed by atoms with Crippen molar-refractivity contribution in [2.24, 2.45) is 4.99 Å². The lowest BCUT2D eigenvalue weighted by atomic mass is 9.81. The van der Waals surface area contributed by atoms with Gasteiger partial charge in [-0.1, -0.05) is 32.1 Å². The number of hydroxylamine groups is 2. The number of hydrogen-bond donors (Lipinski definition) is 3. The van der Waals surface area contributed by atoms with Crippen molar-refractivity contribution in [1.82, 2.24) is 5.06 Å². The Labute approximate surface area is 370 Å². The summed E-state index contributed by atoms with van der Waals surface area (Å²) in [6.07, 6.45) is 9.49. The van der Waals surface area contributed by atoms with Crippen LogP contribution in [0.15, 0.2) is 76.4 Å². The molecule has 0 saturated carbocycles. The highest BCUT2D eigenvalue weighted by Crippen LogP contribution is 2.48. The standard InChI is InChI=1S/C40H41F5N4O13S3/c1-39(2)26-19-23(38(51)47(5)61-22-30(50)62-36-34(44)32(42)31(41)33(43)35(36)45)21-48(15-9-17-63(52,53)54)37(26)46-28(39)11-7-6-8-12-29-40(3,4)25-20-24(65(58,59)60)13-14-27(25)49(29)16-10-18-64(55,56)57/h6-8,11-14,19-21H,9-10,15-18,22H2,1-5H3,(H2-,52,53,54,55,56,57,58,59,60)/p+1. The minimum atomic E-state index is -4.56. The first-order valence-corrected chi connectivity index (χ1v) is 23.8. The van der Waals surface area contributed by atoms with Crippen LogP contribution in [-0.4, -0.2) is 93.3 Å². The van der Waals surface area contributed by atoms with Crippen LogP contribution in [0.4, 0.5) is 33.5 Å². The van der Waals surface area contributed by atoms with Gasteiger partial charge in [0, 0.05) is 36.8 Å². The maximum Gasteiger partial charge on any atom is 0.340 e. The minimum Gasteiger partial charge on any atom is -0.418 e. The normalized spacial score (nSPS) is 16.4. The molecule has 2 aromatic carbocycles. The zero-order valence-electron chi connectivity index (χ0n) is 35.1. The van der Waals surface area contributed by atoms with Crippen LogP contribution in [0, 0.1) is 29.1 Å². The maximum absolute atomic E-state index is 14.0. The molecule has 352 valence electrons. The first-order valence-electron chi connectivity index (χ1n) is 19.1. The van der Waals surface area contributed by atoms with Gasteiger partial charge in [-0.2, -0.15) is 34.0 Å². The van der Waals surface area contributed by atoms with Gasteiger partial charge in [0.1, 0.15) is 6.20 Å². The number of esters is 1. The molecular formula is C40H42F5N4O13S3+. The number of aromatic nitrogens is 1. The number of carbonyl (C=O) groups excluding carboxylic acids is 2. The summed E-state index contributed by atoms with van der Waals surface area (Å²) in [5.41, 5.74) is 0.723. The second kappa shape index (κ2) is 18.8. The molecule has 0 saturated heterocycles. The van der Waals surface area contributed by atoms with Crippen molar-refractivity contribution in [2.75, 3.05) is 36.6 Å². The molecule has 2 aliphatic rings. The number of nitrogens with zero attached hydrogens (tertiary/aromatic N) is 4. The number of rotatable bonds is 17. The highest BCUT2D eigenvalue weighted by Gasteiger charge is 2.44. The third kappa shape index (κ3) is 11.3. The quantitative estimate of drug-likeness (QED) is 0.0181. The van der Waals surface area contributed by atoms with Crippen molar-refractivity contribution in [3.63, 3.8) is 0 Å². The maximum atomic E-state index is 14.0. The average molecular weight is 978 g/mol. The van der Waals surface area contributed by atoms with Gasteiger partial charge in [0.25, 0.3) is 36.3 Å². The largest absolute Gasteiger partial charge is 0.418 e. The second-order valence-electron chi connectivity index (χ2n) is 15.7. The van der Waals surface area contributed by atoms with Crippen LogP contribution in [0.1, 0.15) is 62.0 Å². The van der Waals surface area contributed by atoms with Gasteiger partial charge in [0.05, 0.1) is 39.5 Å². The van der Waals surface area contributed by atoms with Crippen molar-refractivity contribution >= 4 is 59.4 Å². The molecule has 0 fully saturated rings. The summed E-state index contributed by atoms with van der Waals surface area (Å²) in [6, 6.07) is 5.48. The van der Waals surface area contributed by atoms with E-state index >= 15 is 0 Å². The smallest absolute Gasteiger partial charge is 0.340 e. The highest BCUT2D eigenvalue weighted by atomic mass is 32.2. The van der Waals surface area contributed by atoms with E-state index in [1.807, 2.05) is 0 Å². The molecule has 0 spiro atoms. The Balaban J connectivity index is 1.39. The van der Waals surface area contributed by atoms with E-state index in [1.165, 1.54) is 35.0 Å². The predicted octanol–water partition coefficient (Wildman–Crippen LogP) is 5.24. The molecule has 25 heteroatoms.